The van der Waals surface area contributed by atoms with Crippen molar-refractivity contribution < 1.29 is 13.6 Å². The molecule has 1 amide bonds. The monoisotopic (exact) mass is 481 g/mol. The molecule has 1 aromatic carbocycles. The second-order valence-electron chi connectivity index (χ2n) is 9.37. The number of rotatable bonds is 7. The molecule has 2 aliphatic rings. The molecule has 1 aliphatic heterocycles. The molecule has 3 heterocycles. The lowest BCUT2D eigenvalue weighted by Crippen LogP contribution is -2.32. The fourth-order valence-corrected chi connectivity index (χ4v) is 5.10. The molecule has 0 bridgehead atoms. The lowest BCUT2D eigenvalue weighted by molar-refractivity contribution is -0.119. The molecule has 3 aromatic rings. The SMILES string of the molecule is CC(=O)NC1CC[C@H](Nc2ncc3c(-c4ccc5c(c4)C(NCC(F)F)CC(C)=N5)ccn3n2)C1. The topological polar surface area (TPSA) is 95.7 Å². The highest BCUT2D eigenvalue weighted by Crippen LogP contribution is 2.37. The molecule has 2 unspecified atom stereocenters. The molecule has 1 saturated carbocycles. The van der Waals surface area contributed by atoms with Crippen molar-refractivity contribution in [3.05, 3.63) is 42.2 Å². The quantitative estimate of drug-likeness (QED) is 0.469. The largest absolute Gasteiger partial charge is 0.354 e. The Kier molecular flexibility index (Phi) is 6.46. The maximum Gasteiger partial charge on any atom is 0.250 e. The number of nitrogens with one attached hydrogen (secondary N) is 3. The Morgan fingerprint density at radius 3 is 2.86 bits per heavy atom. The van der Waals surface area contributed by atoms with Crippen molar-refractivity contribution in [2.24, 2.45) is 4.99 Å². The second-order valence-corrected chi connectivity index (χ2v) is 9.37. The van der Waals surface area contributed by atoms with Gasteiger partial charge in [-0.2, -0.15) is 0 Å². The molecule has 5 rings (SSSR count). The zero-order valence-corrected chi connectivity index (χ0v) is 19.8. The Balaban J connectivity index is 1.36. The summed E-state index contributed by atoms with van der Waals surface area (Å²) in [6.45, 7) is 3.11. The molecular formula is C25H29F2N7O. The van der Waals surface area contributed by atoms with Crippen molar-refractivity contribution in [3.63, 3.8) is 0 Å². The number of nitrogens with zero attached hydrogens (tertiary/aromatic N) is 4. The molecule has 10 heteroatoms. The van der Waals surface area contributed by atoms with Crippen LogP contribution >= 0.6 is 0 Å². The summed E-state index contributed by atoms with van der Waals surface area (Å²) in [6.07, 6.45) is 4.59. The Hall–Kier alpha value is -3.40. The highest BCUT2D eigenvalue weighted by atomic mass is 19.3. The lowest BCUT2D eigenvalue weighted by atomic mass is 9.93. The van der Waals surface area contributed by atoms with E-state index < -0.39 is 6.43 Å². The van der Waals surface area contributed by atoms with Crippen LogP contribution in [0.1, 0.15) is 51.1 Å². The lowest BCUT2D eigenvalue weighted by Gasteiger charge is -2.25. The number of benzene rings is 1. The number of aromatic nitrogens is 3. The Bertz CT molecular complexity index is 1270. The highest BCUT2D eigenvalue weighted by molar-refractivity contribution is 5.89. The smallest absolute Gasteiger partial charge is 0.250 e. The van der Waals surface area contributed by atoms with Crippen molar-refractivity contribution >= 4 is 28.8 Å². The van der Waals surface area contributed by atoms with Crippen LogP contribution in [0.2, 0.25) is 0 Å². The Morgan fingerprint density at radius 1 is 1.23 bits per heavy atom. The van der Waals surface area contributed by atoms with E-state index in [1.807, 2.05) is 37.4 Å². The number of amides is 1. The van der Waals surface area contributed by atoms with E-state index in [0.29, 0.717) is 12.4 Å². The molecular weight excluding hydrogens is 452 g/mol. The minimum Gasteiger partial charge on any atom is -0.354 e. The van der Waals surface area contributed by atoms with E-state index in [1.54, 1.807) is 10.7 Å². The molecule has 1 fully saturated rings. The van der Waals surface area contributed by atoms with Crippen LogP contribution in [0.15, 0.2) is 41.7 Å². The van der Waals surface area contributed by atoms with Crippen molar-refractivity contribution in [3.8, 4) is 11.1 Å². The number of carbonyl (C=O) groups is 1. The van der Waals surface area contributed by atoms with E-state index >= 15 is 0 Å². The van der Waals surface area contributed by atoms with Gasteiger partial charge in [0, 0.05) is 48.9 Å². The third kappa shape index (κ3) is 5.17. The molecule has 2 aromatic heterocycles. The predicted molar refractivity (Wildman–Crippen MR) is 131 cm³/mol. The summed E-state index contributed by atoms with van der Waals surface area (Å²) in [7, 11) is 0. The van der Waals surface area contributed by atoms with Crippen LogP contribution in [0.25, 0.3) is 16.6 Å². The van der Waals surface area contributed by atoms with Gasteiger partial charge in [-0.1, -0.05) is 6.07 Å². The van der Waals surface area contributed by atoms with Crippen LogP contribution in [0, 0.1) is 0 Å². The van der Waals surface area contributed by atoms with Crippen molar-refractivity contribution in [2.75, 3.05) is 11.9 Å². The predicted octanol–water partition coefficient (Wildman–Crippen LogP) is 4.26. The van der Waals surface area contributed by atoms with Gasteiger partial charge in [0.1, 0.15) is 0 Å². The summed E-state index contributed by atoms with van der Waals surface area (Å²) in [4.78, 5) is 20.4. The van der Waals surface area contributed by atoms with Crippen LogP contribution in [-0.2, 0) is 4.79 Å². The Labute approximate surface area is 202 Å². The highest BCUT2D eigenvalue weighted by Gasteiger charge is 2.26. The molecule has 0 radical (unpaired) electrons. The summed E-state index contributed by atoms with van der Waals surface area (Å²) in [6, 6.07) is 8.13. The van der Waals surface area contributed by atoms with E-state index in [9.17, 15) is 13.6 Å². The number of halogens is 2. The molecule has 3 atom stereocenters. The van der Waals surface area contributed by atoms with E-state index in [0.717, 1.165) is 52.9 Å². The second kappa shape index (κ2) is 9.69. The van der Waals surface area contributed by atoms with Gasteiger partial charge in [-0.05, 0) is 55.5 Å². The average Bonchev–Trinajstić information content (AvgIpc) is 3.43. The minimum atomic E-state index is -2.41. The maximum absolute atomic E-state index is 12.8. The number of hydrogen-bond acceptors (Lipinski definition) is 6. The number of hydrogen-bond donors (Lipinski definition) is 3. The summed E-state index contributed by atoms with van der Waals surface area (Å²) in [5, 5.41) is 14.0. The molecule has 1 aliphatic carbocycles. The first-order valence-corrected chi connectivity index (χ1v) is 11.9. The number of anilines is 1. The first-order valence-electron chi connectivity index (χ1n) is 11.9. The zero-order chi connectivity index (χ0) is 24.5. The van der Waals surface area contributed by atoms with Gasteiger partial charge in [-0.3, -0.25) is 9.79 Å². The van der Waals surface area contributed by atoms with Gasteiger partial charge in [0.05, 0.1) is 23.9 Å². The average molecular weight is 482 g/mol. The molecule has 184 valence electrons. The zero-order valence-electron chi connectivity index (χ0n) is 19.8. The first kappa shape index (κ1) is 23.3. The number of alkyl halides is 2. The summed E-state index contributed by atoms with van der Waals surface area (Å²) in [5.41, 5.74) is 5.43. The summed E-state index contributed by atoms with van der Waals surface area (Å²) in [5.74, 6) is 0.535. The fourth-order valence-electron chi connectivity index (χ4n) is 5.10. The third-order valence-electron chi connectivity index (χ3n) is 6.63. The molecule has 0 spiro atoms. The van der Waals surface area contributed by atoms with Gasteiger partial charge in [0.15, 0.2) is 0 Å². The van der Waals surface area contributed by atoms with E-state index in [-0.39, 0.29) is 30.6 Å². The van der Waals surface area contributed by atoms with Gasteiger partial charge in [0.2, 0.25) is 11.9 Å². The van der Waals surface area contributed by atoms with Crippen molar-refractivity contribution in [1.82, 2.24) is 25.2 Å². The van der Waals surface area contributed by atoms with E-state index in [2.05, 4.69) is 31.0 Å². The number of carbonyl (C=O) groups excluding carboxylic acids is 1. The normalized spacial score (nSPS) is 21.7. The van der Waals surface area contributed by atoms with Crippen molar-refractivity contribution in [1.29, 1.82) is 0 Å². The van der Waals surface area contributed by atoms with Crippen LogP contribution < -0.4 is 16.0 Å². The van der Waals surface area contributed by atoms with Crippen LogP contribution in [-0.4, -0.2) is 51.3 Å². The molecule has 0 saturated heterocycles. The van der Waals surface area contributed by atoms with Gasteiger partial charge in [-0.25, -0.2) is 18.3 Å². The van der Waals surface area contributed by atoms with Crippen LogP contribution in [0.5, 0.6) is 0 Å². The summed E-state index contributed by atoms with van der Waals surface area (Å²) >= 11 is 0. The number of aliphatic imine (C=N–C) groups is 1. The molecule has 3 N–H and O–H groups in total. The standard InChI is InChI=1S/C25H29F2N7O/c1-14-9-22(28-13-24(26)27)20-10-16(3-6-21(20)30-14)19-7-8-34-23(19)12-29-25(33-34)32-18-5-4-17(11-18)31-15(2)35/h3,6-8,10,12,17-18,22,24,28H,4-5,9,11,13H2,1-2H3,(H,31,35)(H,32,33)/t17?,18-,22?/m0/s1. The first-order chi connectivity index (χ1) is 16.9. The minimum absolute atomic E-state index is 0.00608. The molecule has 35 heavy (non-hydrogen) atoms. The molecule has 8 nitrogen and oxygen atoms in total. The summed E-state index contributed by atoms with van der Waals surface area (Å²) < 4.78 is 27.5. The van der Waals surface area contributed by atoms with Gasteiger partial charge >= 0.3 is 0 Å². The Morgan fingerprint density at radius 2 is 2.06 bits per heavy atom. The van der Waals surface area contributed by atoms with Crippen LogP contribution in [0.3, 0.4) is 0 Å². The van der Waals surface area contributed by atoms with E-state index in [4.69, 9.17) is 0 Å². The van der Waals surface area contributed by atoms with Gasteiger partial charge in [-0.15, -0.1) is 5.10 Å². The van der Waals surface area contributed by atoms with Crippen molar-refractivity contribution in [2.45, 2.75) is 64.1 Å². The van der Waals surface area contributed by atoms with Gasteiger partial charge < -0.3 is 16.0 Å². The van der Waals surface area contributed by atoms with E-state index in [1.165, 1.54) is 6.92 Å². The third-order valence-corrected chi connectivity index (χ3v) is 6.63. The van der Waals surface area contributed by atoms with Gasteiger partial charge in [0.25, 0.3) is 6.43 Å². The fraction of sp³-hybridized carbons (Fsp3) is 0.440. The maximum atomic E-state index is 12.8. The number of fused-ring (bicyclic) bond motifs is 2. The van der Waals surface area contributed by atoms with Crippen LogP contribution in [0.4, 0.5) is 20.4 Å².